The van der Waals surface area contributed by atoms with Gasteiger partial charge in [-0.3, -0.25) is 0 Å². The molecule has 0 fully saturated rings. The lowest BCUT2D eigenvalue weighted by Gasteiger charge is -2.27. The molecule has 1 heterocycles. The van der Waals surface area contributed by atoms with Crippen LogP contribution in [0.15, 0.2) is 47.4 Å². The van der Waals surface area contributed by atoms with E-state index in [0.29, 0.717) is 24.7 Å². The van der Waals surface area contributed by atoms with E-state index in [-0.39, 0.29) is 11.4 Å². The Balaban J connectivity index is 1.76. The Kier molecular flexibility index (Phi) is 4.71. The average Bonchev–Trinajstić information content (AvgIpc) is 2.60. The molecule has 3 rings (SSSR count). The van der Waals surface area contributed by atoms with E-state index < -0.39 is 21.3 Å². The fourth-order valence-electron chi connectivity index (χ4n) is 2.54. The van der Waals surface area contributed by atoms with E-state index in [1.165, 1.54) is 12.1 Å². The number of sulfonamides is 1. The molecule has 0 radical (unpaired) electrons. The maximum absolute atomic E-state index is 13.0. The van der Waals surface area contributed by atoms with Crippen LogP contribution < -0.4 is 14.2 Å². The van der Waals surface area contributed by atoms with Gasteiger partial charge in [0.2, 0.25) is 10.0 Å². The molecule has 0 amide bonds. The Labute approximate surface area is 146 Å². The predicted octanol–water partition coefficient (Wildman–Crippen LogP) is 2.85. The molecular weight excluding hydrogens is 345 g/mol. The molecule has 0 saturated carbocycles. The first kappa shape index (κ1) is 17.7. The van der Waals surface area contributed by atoms with Crippen molar-refractivity contribution in [2.24, 2.45) is 0 Å². The van der Waals surface area contributed by atoms with Gasteiger partial charge in [0.1, 0.15) is 19.0 Å². The van der Waals surface area contributed by atoms with E-state index in [0.717, 1.165) is 17.7 Å². The normalized spacial score (nSPS) is 14.4. The van der Waals surface area contributed by atoms with Gasteiger partial charge < -0.3 is 9.47 Å². The van der Waals surface area contributed by atoms with Crippen LogP contribution in [0.25, 0.3) is 0 Å². The zero-order valence-corrected chi connectivity index (χ0v) is 14.9. The van der Waals surface area contributed by atoms with Crippen molar-refractivity contribution in [2.45, 2.75) is 24.2 Å². The second-order valence-electron chi connectivity index (χ2n) is 6.52. The summed E-state index contributed by atoms with van der Waals surface area (Å²) in [6, 6.07) is 10.4. The van der Waals surface area contributed by atoms with E-state index >= 15 is 0 Å². The molecule has 1 N–H and O–H groups in total. The number of halogens is 1. The van der Waals surface area contributed by atoms with Crippen molar-refractivity contribution in [1.82, 2.24) is 4.72 Å². The van der Waals surface area contributed by atoms with Gasteiger partial charge in [-0.05, 0) is 42.0 Å². The second-order valence-corrected chi connectivity index (χ2v) is 8.29. The Bertz CT molecular complexity index is 863. The van der Waals surface area contributed by atoms with Crippen LogP contribution in [-0.2, 0) is 15.4 Å². The molecule has 0 aromatic heterocycles. The lowest BCUT2D eigenvalue weighted by atomic mass is 9.84. The summed E-state index contributed by atoms with van der Waals surface area (Å²) in [5, 5.41) is 0. The third kappa shape index (κ3) is 3.93. The van der Waals surface area contributed by atoms with Crippen LogP contribution in [0.3, 0.4) is 0 Å². The molecule has 0 atom stereocenters. The summed E-state index contributed by atoms with van der Waals surface area (Å²) in [5.41, 5.74) is 0.460. The first-order valence-electron chi connectivity index (χ1n) is 7.93. The molecule has 2 aromatic rings. The molecule has 2 aromatic carbocycles. The van der Waals surface area contributed by atoms with E-state index in [9.17, 15) is 12.8 Å². The van der Waals surface area contributed by atoms with Crippen molar-refractivity contribution in [3.8, 4) is 11.5 Å². The van der Waals surface area contributed by atoms with Gasteiger partial charge in [0.05, 0.1) is 4.90 Å². The standard InChI is InChI=1S/C18H20FNO4S/c1-18(2,13-3-8-16-17(11-13)24-10-9-23-16)12-20-25(21,22)15-6-4-14(19)5-7-15/h3-8,11,20H,9-10,12H2,1-2H3. The average molecular weight is 365 g/mol. The van der Waals surface area contributed by atoms with E-state index in [1.807, 2.05) is 32.0 Å². The van der Waals surface area contributed by atoms with Gasteiger partial charge in [0, 0.05) is 12.0 Å². The molecule has 1 aliphatic rings. The minimum atomic E-state index is -3.71. The zero-order valence-electron chi connectivity index (χ0n) is 14.1. The first-order chi connectivity index (χ1) is 11.8. The summed E-state index contributed by atoms with van der Waals surface area (Å²) >= 11 is 0. The number of hydrogen-bond acceptors (Lipinski definition) is 4. The second kappa shape index (κ2) is 6.65. The number of benzene rings is 2. The fraction of sp³-hybridized carbons (Fsp3) is 0.333. The van der Waals surface area contributed by atoms with Gasteiger partial charge >= 0.3 is 0 Å². The minimum Gasteiger partial charge on any atom is -0.486 e. The van der Waals surface area contributed by atoms with Crippen molar-refractivity contribution in [2.75, 3.05) is 19.8 Å². The SMILES string of the molecule is CC(C)(CNS(=O)(=O)c1ccc(F)cc1)c1ccc2c(c1)OCCO2. The highest BCUT2D eigenvalue weighted by Crippen LogP contribution is 2.35. The highest BCUT2D eigenvalue weighted by molar-refractivity contribution is 7.89. The lowest BCUT2D eigenvalue weighted by molar-refractivity contribution is 0.171. The summed E-state index contributed by atoms with van der Waals surface area (Å²) in [6.45, 7) is 5.07. The number of nitrogens with one attached hydrogen (secondary N) is 1. The van der Waals surface area contributed by atoms with Crippen molar-refractivity contribution < 1.29 is 22.3 Å². The Morgan fingerprint density at radius 2 is 1.68 bits per heavy atom. The maximum Gasteiger partial charge on any atom is 0.240 e. The fourth-order valence-corrected chi connectivity index (χ4v) is 3.75. The Hall–Kier alpha value is -2.12. The van der Waals surface area contributed by atoms with Gasteiger partial charge in [-0.15, -0.1) is 0 Å². The molecule has 25 heavy (non-hydrogen) atoms. The zero-order chi connectivity index (χ0) is 18.1. The highest BCUT2D eigenvalue weighted by atomic mass is 32.2. The van der Waals surface area contributed by atoms with Gasteiger partial charge in [-0.25, -0.2) is 17.5 Å². The topological polar surface area (TPSA) is 64.6 Å². The smallest absolute Gasteiger partial charge is 0.240 e. The number of ether oxygens (including phenoxy) is 2. The highest BCUT2D eigenvalue weighted by Gasteiger charge is 2.26. The Morgan fingerprint density at radius 3 is 2.36 bits per heavy atom. The molecule has 1 aliphatic heterocycles. The summed E-state index contributed by atoms with van der Waals surface area (Å²) in [7, 11) is -3.71. The summed E-state index contributed by atoms with van der Waals surface area (Å²) in [6.07, 6.45) is 0. The summed E-state index contributed by atoms with van der Waals surface area (Å²) in [4.78, 5) is 0.0341. The molecule has 7 heteroatoms. The number of rotatable bonds is 5. The van der Waals surface area contributed by atoms with Crippen LogP contribution in [-0.4, -0.2) is 28.2 Å². The minimum absolute atomic E-state index is 0.0341. The van der Waals surface area contributed by atoms with Crippen LogP contribution in [0.2, 0.25) is 0 Å². The van der Waals surface area contributed by atoms with E-state index in [4.69, 9.17) is 9.47 Å². The first-order valence-corrected chi connectivity index (χ1v) is 9.42. The summed E-state index contributed by atoms with van der Waals surface area (Å²) < 4.78 is 51.4. The third-order valence-electron chi connectivity index (χ3n) is 4.15. The molecule has 5 nitrogen and oxygen atoms in total. The summed E-state index contributed by atoms with van der Waals surface area (Å²) in [5.74, 6) is 0.881. The van der Waals surface area contributed by atoms with Crippen molar-refractivity contribution in [3.63, 3.8) is 0 Å². The number of hydrogen-bond donors (Lipinski definition) is 1. The van der Waals surface area contributed by atoms with Crippen LogP contribution in [0.5, 0.6) is 11.5 Å². The van der Waals surface area contributed by atoms with Crippen molar-refractivity contribution in [3.05, 3.63) is 53.8 Å². The van der Waals surface area contributed by atoms with Crippen LogP contribution in [0.4, 0.5) is 4.39 Å². The van der Waals surface area contributed by atoms with E-state index in [1.54, 1.807) is 0 Å². The third-order valence-corrected chi connectivity index (χ3v) is 5.57. The monoisotopic (exact) mass is 365 g/mol. The maximum atomic E-state index is 13.0. The molecule has 134 valence electrons. The van der Waals surface area contributed by atoms with Crippen LogP contribution >= 0.6 is 0 Å². The van der Waals surface area contributed by atoms with E-state index in [2.05, 4.69) is 4.72 Å². The lowest BCUT2D eigenvalue weighted by Crippen LogP contribution is -2.36. The van der Waals surface area contributed by atoms with Crippen molar-refractivity contribution in [1.29, 1.82) is 0 Å². The molecule has 0 saturated heterocycles. The molecule has 0 unspecified atom stereocenters. The number of fused-ring (bicyclic) bond motifs is 1. The van der Waals surface area contributed by atoms with Crippen molar-refractivity contribution >= 4 is 10.0 Å². The molecule has 0 aliphatic carbocycles. The largest absolute Gasteiger partial charge is 0.486 e. The van der Waals surface area contributed by atoms with Crippen LogP contribution in [0, 0.1) is 5.82 Å². The predicted molar refractivity (Wildman–Crippen MR) is 92.0 cm³/mol. The van der Waals surface area contributed by atoms with Gasteiger partial charge in [-0.1, -0.05) is 19.9 Å². The van der Waals surface area contributed by atoms with Gasteiger partial charge in [0.25, 0.3) is 0 Å². The van der Waals surface area contributed by atoms with Gasteiger partial charge in [-0.2, -0.15) is 0 Å². The van der Waals surface area contributed by atoms with Gasteiger partial charge in [0.15, 0.2) is 11.5 Å². The quantitative estimate of drug-likeness (QED) is 0.885. The van der Waals surface area contributed by atoms with Crippen LogP contribution in [0.1, 0.15) is 19.4 Å². The Morgan fingerprint density at radius 1 is 1.04 bits per heavy atom. The molecule has 0 bridgehead atoms. The molecule has 0 spiro atoms. The molecular formula is C18H20FNO4S.